The highest BCUT2D eigenvalue weighted by atomic mass is 16.7. The van der Waals surface area contributed by atoms with Gasteiger partial charge in [-0.05, 0) is 6.42 Å². The van der Waals surface area contributed by atoms with Crippen molar-refractivity contribution in [2.24, 2.45) is 0 Å². The minimum absolute atomic E-state index is 0.0278. The van der Waals surface area contributed by atoms with Gasteiger partial charge in [0, 0.05) is 25.8 Å². The summed E-state index contributed by atoms with van der Waals surface area (Å²) >= 11 is 0. The van der Waals surface area contributed by atoms with E-state index in [1.54, 1.807) is 0 Å². The third-order valence-electron chi connectivity index (χ3n) is 8.71. The number of carbonyl (C=O) groups excluding carboxylic acids is 3. The van der Waals surface area contributed by atoms with Crippen LogP contribution in [0.3, 0.4) is 0 Å². The maximum absolute atomic E-state index is 12.9. The van der Waals surface area contributed by atoms with Crippen molar-refractivity contribution in [2.45, 2.75) is 123 Å². The number of aliphatic hydroxyl groups is 7. The first-order chi connectivity index (χ1) is 22.1. The molecule has 272 valence electrons. The van der Waals surface area contributed by atoms with Crippen LogP contribution in [-0.4, -0.2) is 171 Å². The van der Waals surface area contributed by atoms with Crippen molar-refractivity contribution in [1.29, 1.82) is 0 Å². The maximum atomic E-state index is 12.9. The van der Waals surface area contributed by atoms with Gasteiger partial charge >= 0.3 is 0 Å². The quantitative estimate of drug-likeness (QED) is 0.0760. The molecule has 3 rings (SSSR count). The van der Waals surface area contributed by atoms with Crippen molar-refractivity contribution in [3.8, 4) is 0 Å². The first-order valence-corrected chi connectivity index (χ1v) is 15.5. The molecule has 47 heavy (non-hydrogen) atoms. The Hall–Kier alpha value is -2.19. The molecule has 2 saturated heterocycles. The summed E-state index contributed by atoms with van der Waals surface area (Å²) in [6.07, 6.45) is -17.0. The number of quaternary nitrogens is 4. The van der Waals surface area contributed by atoms with Gasteiger partial charge in [-0.15, -0.1) is 0 Å². The van der Waals surface area contributed by atoms with E-state index in [9.17, 15) is 55.2 Å². The fourth-order valence-electron chi connectivity index (χ4n) is 5.70. The Kier molecular flexibility index (Phi) is 14.6. The first-order valence-electron chi connectivity index (χ1n) is 15.5. The van der Waals surface area contributed by atoms with Crippen LogP contribution in [0.4, 0.5) is 0 Å². The SMILES string of the molecule is [NH3+]C[C@H]1O[C@H](O[C@H]2[C@H](O[C@@H]3O[C@H](CO)[C@@H](O)[C@H]3O)[C@@H](O)[C@H](NC(=O)[C@@H](O)CCNC(=O)CC[C@H]([NH3+])C(=O)[O-])C[C@@H]2[NH3+])[C@H]([NH3+])[C@@H](O)C1O. The molecule has 21 nitrogen and oxygen atoms in total. The Morgan fingerprint density at radius 2 is 1.51 bits per heavy atom. The average Bonchev–Trinajstić information content (AvgIpc) is 3.31. The van der Waals surface area contributed by atoms with E-state index in [0.717, 1.165) is 0 Å². The zero-order chi connectivity index (χ0) is 35.2. The van der Waals surface area contributed by atoms with E-state index in [4.69, 9.17) is 18.9 Å². The molecule has 3 fully saturated rings. The van der Waals surface area contributed by atoms with Gasteiger partial charge in [0.2, 0.25) is 18.1 Å². The summed E-state index contributed by atoms with van der Waals surface area (Å²) in [7, 11) is 0. The number of hydrogen-bond donors (Lipinski definition) is 13. The molecule has 2 heterocycles. The van der Waals surface area contributed by atoms with Crippen LogP contribution >= 0.6 is 0 Å². The lowest BCUT2D eigenvalue weighted by atomic mass is 9.83. The van der Waals surface area contributed by atoms with E-state index < -0.39 is 122 Å². The Bertz CT molecular complexity index is 1050. The molecule has 2 aliphatic heterocycles. The molecule has 0 aromatic carbocycles. The van der Waals surface area contributed by atoms with Crippen LogP contribution in [0.5, 0.6) is 0 Å². The molecule has 1 aliphatic carbocycles. The molecular formula is C26H51N6O15+3. The van der Waals surface area contributed by atoms with E-state index in [1.165, 1.54) is 0 Å². The highest BCUT2D eigenvalue weighted by Gasteiger charge is 2.55. The summed E-state index contributed by atoms with van der Waals surface area (Å²) in [4.78, 5) is 35.5. The molecule has 0 aromatic heterocycles. The second-order valence-corrected chi connectivity index (χ2v) is 12.2. The number of carbonyl (C=O) groups is 3. The Labute approximate surface area is 269 Å². The second kappa shape index (κ2) is 17.5. The number of aliphatic hydroxyl groups excluding tert-OH is 7. The predicted molar refractivity (Wildman–Crippen MR) is 146 cm³/mol. The first kappa shape index (κ1) is 39.3. The fraction of sp³-hybridized carbons (Fsp3) is 0.885. The zero-order valence-corrected chi connectivity index (χ0v) is 25.9. The minimum Gasteiger partial charge on any atom is -0.544 e. The van der Waals surface area contributed by atoms with Crippen LogP contribution in [0.1, 0.15) is 25.7 Å². The normalized spacial score (nSPS) is 40.4. The summed E-state index contributed by atoms with van der Waals surface area (Å²) in [6, 6.07) is -3.96. The van der Waals surface area contributed by atoms with Crippen LogP contribution in [0.25, 0.3) is 0 Å². The predicted octanol–water partition coefficient (Wildman–Crippen LogP) is -12.6. The number of amides is 2. The minimum atomic E-state index is -1.64. The number of hydrogen-bond acceptors (Lipinski definition) is 15. The molecule has 16 atom stereocenters. The van der Waals surface area contributed by atoms with Crippen LogP contribution in [0, 0.1) is 0 Å². The number of rotatable bonds is 15. The maximum Gasteiger partial charge on any atom is 0.249 e. The Morgan fingerprint density at radius 3 is 2.11 bits per heavy atom. The summed E-state index contributed by atoms with van der Waals surface area (Å²) in [5.74, 6) is -2.81. The zero-order valence-electron chi connectivity index (χ0n) is 25.9. The van der Waals surface area contributed by atoms with Crippen LogP contribution < -0.4 is 38.7 Å². The largest absolute Gasteiger partial charge is 0.544 e. The van der Waals surface area contributed by atoms with E-state index >= 15 is 0 Å². The molecule has 1 unspecified atom stereocenters. The standard InChI is InChI=1S/C26H48N6O15/c27-6-12-17(37)19(39)15(30)25(44-12)46-21-9(29)5-10(16(36)22(21)47-26-20(40)18(38)13(7-33)45-26)32-23(41)11(34)3-4-31-14(35)2-1-8(28)24(42)43/h8-13,15-22,25-26,33-34,36-40H,1-7,27-30H2,(H,31,35)(H,32,41)(H,42,43)/p+3/t8-,9-,10+,11-,12+,13+,15+,16-,17?,18+,19+,20+,21+,22+,25+,26-/m0/s1. The third-order valence-corrected chi connectivity index (χ3v) is 8.71. The second-order valence-electron chi connectivity index (χ2n) is 12.2. The van der Waals surface area contributed by atoms with E-state index in [-0.39, 0.29) is 38.8 Å². The molecule has 0 aromatic rings. The van der Waals surface area contributed by atoms with Gasteiger partial charge in [-0.2, -0.15) is 0 Å². The van der Waals surface area contributed by atoms with Crippen molar-refractivity contribution in [3.05, 3.63) is 0 Å². The average molecular weight is 688 g/mol. The van der Waals surface area contributed by atoms with Crippen LogP contribution in [0.15, 0.2) is 0 Å². The molecule has 0 spiro atoms. The van der Waals surface area contributed by atoms with E-state index in [1.807, 2.05) is 0 Å². The van der Waals surface area contributed by atoms with E-state index in [0.29, 0.717) is 0 Å². The molecule has 2 amide bonds. The van der Waals surface area contributed by atoms with Crippen molar-refractivity contribution in [3.63, 3.8) is 0 Å². The van der Waals surface area contributed by atoms with Gasteiger partial charge in [0.15, 0.2) is 12.3 Å². The number of carboxylic acids is 1. The number of nitrogens with one attached hydrogen (secondary N) is 2. The summed E-state index contributed by atoms with van der Waals surface area (Å²) < 4.78 is 23.2. The van der Waals surface area contributed by atoms with Crippen molar-refractivity contribution < 1.29 is 97.1 Å². The lowest BCUT2D eigenvalue weighted by Gasteiger charge is -2.45. The summed E-state index contributed by atoms with van der Waals surface area (Å²) in [5.41, 5.74) is 14.9. The van der Waals surface area contributed by atoms with Crippen molar-refractivity contribution >= 4 is 17.8 Å². The highest BCUT2D eigenvalue weighted by Crippen LogP contribution is 2.32. The van der Waals surface area contributed by atoms with Gasteiger partial charge in [-0.25, -0.2) is 0 Å². The van der Waals surface area contributed by atoms with Crippen LogP contribution in [-0.2, 0) is 33.3 Å². The lowest BCUT2D eigenvalue weighted by Crippen LogP contribution is -2.82. The van der Waals surface area contributed by atoms with Gasteiger partial charge in [-0.3, -0.25) is 9.59 Å². The van der Waals surface area contributed by atoms with E-state index in [2.05, 4.69) is 33.6 Å². The van der Waals surface area contributed by atoms with Crippen molar-refractivity contribution in [1.82, 2.24) is 10.6 Å². The molecular weight excluding hydrogens is 636 g/mol. The molecule has 0 bridgehead atoms. The number of carboxylic acid groups (broad SMARTS) is 1. The monoisotopic (exact) mass is 687 g/mol. The topological polar surface area (TPSA) is 387 Å². The third kappa shape index (κ3) is 9.71. The molecule has 3 aliphatic rings. The Balaban J connectivity index is 1.69. The van der Waals surface area contributed by atoms with Gasteiger partial charge in [0.1, 0.15) is 79.7 Å². The van der Waals surface area contributed by atoms with Gasteiger partial charge in [-0.1, -0.05) is 0 Å². The van der Waals surface area contributed by atoms with Crippen LogP contribution in [0.2, 0.25) is 0 Å². The molecule has 1 saturated carbocycles. The number of aliphatic carboxylic acids is 1. The molecule has 21 heteroatoms. The van der Waals surface area contributed by atoms with Crippen molar-refractivity contribution in [2.75, 3.05) is 19.7 Å². The number of ether oxygens (including phenoxy) is 4. The fourth-order valence-corrected chi connectivity index (χ4v) is 5.70. The lowest BCUT2D eigenvalue weighted by molar-refractivity contribution is -0.525. The van der Waals surface area contributed by atoms with Gasteiger partial charge < -0.3 is 98.2 Å². The Morgan fingerprint density at radius 1 is 0.894 bits per heavy atom. The summed E-state index contributed by atoms with van der Waals surface area (Å²) in [5, 5.41) is 88.6. The van der Waals surface area contributed by atoms with Gasteiger partial charge in [0.25, 0.3) is 0 Å². The molecule has 0 radical (unpaired) electrons. The molecule has 21 N–H and O–H groups in total. The highest BCUT2D eigenvalue weighted by molar-refractivity contribution is 5.81. The summed E-state index contributed by atoms with van der Waals surface area (Å²) in [6.45, 7) is -0.698. The van der Waals surface area contributed by atoms with Gasteiger partial charge in [0.05, 0.1) is 18.6 Å². The smallest absolute Gasteiger partial charge is 0.249 e.